The molecule has 7 heteroatoms. The Kier molecular flexibility index (Phi) is 7.27. The molecule has 7 nitrogen and oxygen atoms in total. The Morgan fingerprint density at radius 3 is 2.23 bits per heavy atom. The van der Waals surface area contributed by atoms with E-state index >= 15 is 0 Å². The van der Waals surface area contributed by atoms with Crippen LogP contribution in [0.4, 0.5) is 0 Å². The second-order valence-electron chi connectivity index (χ2n) is 17.8. The highest BCUT2D eigenvalue weighted by atomic mass is 16.6. The highest BCUT2D eigenvalue weighted by Crippen LogP contribution is 2.76. The van der Waals surface area contributed by atoms with E-state index in [1.54, 1.807) is 5.57 Å². The second kappa shape index (κ2) is 9.86. The number of carboxylic acid groups (broad SMARTS) is 1. The number of hydrogen-bond acceptors (Lipinski definition) is 6. The van der Waals surface area contributed by atoms with Crippen molar-refractivity contribution in [3.63, 3.8) is 0 Å². The van der Waals surface area contributed by atoms with E-state index in [2.05, 4.69) is 54.5 Å². The van der Waals surface area contributed by atoms with E-state index in [0.29, 0.717) is 30.5 Å². The highest BCUT2D eigenvalue weighted by Gasteiger charge is 2.68. The monoisotopic (exact) mass is 600 g/mol. The van der Waals surface area contributed by atoms with Gasteiger partial charge in [0.1, 0.15) is 24.1 Å². The minimum Gasteiger partial charge on any atom is -0.479 e. The molecule has 0 radical (unpaired) electrons. The van der Waals surface area contributed by atoms with Gasteiger partial charge < -0.3 is 25.2 Å². The maximum Gasteiger partial charge on any atom is 0.335 e. The quantitative estimate of drug-likeness (QED) is 0.307. The minimum absolute atomic E-state index is 0.0163. The molecule has 6 rings (SSSR count). The number of aliphatic hydroxyl groups is 3. The number of carboxylic acids is 1. The molecular weight excluding hydrogens is 544 g/mol. The number of carbonyl (C=O) groups is 2. The predicted molar refractivity (Wildman–Crippen MR) is 163 cm³/mol. The SMILES string of the molecule is CC1(C)CC[C@]2(C[C@@H]3OC(C(=O)O)[C@@H](O)C(O)C3O)CC[C@]3(C)C(=CCC4[C@@]5(C)CCC(=O)C(C)(C)C5CC[C@]43C)C2C1. The zero-order chi connectivity index (χ0) is 31.5. The molecule has 0 aromatic rings. The summed E-state index contributed by atoms with van der Waals surface area (Å²) in [4.78, 5) is 25.0. The summed E-state index contributed by atoms with van der Waals surface area (Å²) in [6, 6.07) is 0. The Morgan fingerprint density at radius 2 is 1.56 bits per heavy atom. The van der Waals surface area contributed by atoms with Crippen molar-refractivity contribution in [2.75, 3.05) is 0 Å². The molecule has 0 spiro atoms. The summed E-state index contributed by atoms with van der Waals surface area (Å²) in [6.07, 6.45) is 6.07. The molecule has 242 valence electrons. The van der Waals surface area contributed by atoms with Crippen molar-refractivity contribution in [2.24, 2.45) is 50.2 Å². The zero-order valence-electron chi connectivity index (χ0n) is 27.5. The molecule has 1 aliphatic heterocycles. The highest BCUT2D eigenvalue weighted by molar-refractivity contribution is 5.85. The standard InChI is InChI=1S/C36H56O7/c1-31(2)14-16-36(19-22-26(38)27(39)28(40)29(43-22)30(41)42)17-15-34(6)20(21(36)18-31)8-9-24-33(5)12-11-25(37)32(3,4)23(33)10-13-35(24,34)7/h8,21-24,26-29,38-40H,9-19H2,1-7H3,(H,41,42)/t21?,22-,23?,24?,26?,27?,28-,29?,33-,34+,35+,36+/m0/s1. The Labute approximate surface area is 257 Å². The van der Waals surface area contributed by atoms with Crippen LogP contribution < -0.4 is 0 Å². The van der Waals surface area contributed by atoms with Gasteiger partial charge in [0.2, 0.25) is 0 Å². The van der Waals surface area contributed by atoms with Gasteiger partial charge in [0.05, 0.1) is 6.10 Å². The van der Waals surface area contributed by atoms with Crippen molar-refractivity contribution >= 4 is 11.8 Å². The van der Waals surface area contributed by atoms with Gasteiger partial charge >= 0.3 is 5.97 Å². The van der Waals surface area contributed by atoms with Crippen molar-refractivity contribution in [2.45, 2.75) is 150 Å². The summed E-state index contributed by atoms with van der Waals surface area (Å²) in [5.74, 6) is 0.317. The van der Waals surface area contributed by atoms with Crippen molar-refractivity contribution in [3.05, 3.63) is 11.6 Å². The lowest BCUT2D eigenvalue weighted by atomic mass is 9.33. The van der Waals surface area contributed by atoms with Gasteiger partial charge in [-0.05, 0) is 109 Å². The Bertz CT molecular complexity index is 1210. The molecule has 6 unspecified atom stereocenters. The first-order valence-corrected chi connectivity index (χ1v) is 17.0. The van der Waals surface area contributed by atoms with Crippen LogP contribution in [0.1, 0.15) is 119 Å². The lowest BCUT2D eigenvalue weighted by molar-refractivity contribution is -0.238. The fraction of sp³-hybridized carbons (Fsp3) is 0.889. The van der Waals surface area contributed by atoms with Crippen LogP contribution in [0.25, 0.3) is 0 Å². The molecule has 43 heavy (non-hydrogen) atoms. The van der Waals surface area contributed by atoms with E-state index in [1.165, 1.54) is 0 Å². The largest absolute Gasteiger partial charge is 0.479 e. The summed E-state index contributed by atoms with van der Waals surface area (Å²) >= 11 is 0. The van der Waals surface area contributed by atoms with Crippen molar-refractivity contribution in [1.82, 2.24) is 0 Å². The van der Waals surface area contributed by atoms with Crippen LogP contribution in [0, 0.1) is 50.2 Å². The third-order valence-corrected chi connectivity index (χ3v) is 15.1. The van der Waals surface area contributed by atoms with E-state index < -0.39 is 36.5 Å². The topological polar surface area (TPSA) is 124 Å². The normalized spacial score (nSPS) is 52.1. The van der Waals surface area contributed by atoms with Gasteiger partial charge in [-0.2, -0.15) is 0 Å². The predicted octanol–water partition coefficient (Wildman–Crippen LogP) is 5.68. The fourth-order valence-corrected chi connectivity index (χ4v) is 12.2. The van der Waals surface area contributed by atoms with Gasteiger partial charge in [0.25, 0.3) is 0 Å². The number of aliphatic hydroxyl groups excluding tert-OH is 3. The molecule has 0 amide bonds. The zero-order valence-corrected chi connectivity index (χ0v) is 27.5. The Morgan fingerprint density at radius 1 is 0.884 bits per heavy atom. The van der Waals surface area contributed by atoms with Crippen LogP contribution in [0.15, 0.2) is 11.6 Å². The summed E-state index contributed by atoms with van der Waals surface area (Å²) in [5, 5.41) is 41.7. The minimum atomic E-state index is -1.66. The van der Waals surface area contributed by atoms with Crippen LogP contribution in [-0.4, -0.2) is 62.7 Å². The number of rotatable bonds is 3. The number of ether oxygens (including phenoxy) is 1. The Hall–Kier alpha value is -1.28. The van der Waals surface area contributed by atoms with Crippen LogP contribution >= 0.6 is 0 Å². The maximum absolute atomic E-state index is 13.1. The van der Waals surface area contributed by atoms with Crippen LogP contribution in [0.2, 0.25) is 0 Å². The number of fused-ring (bicyclic) bond motifs is 7. The molecule has 1 saturated heterocycles. The summed E-state index contributed by atoms with van der Waals surface area (Å²) in [7, 11) is 0. The second-order valence-corrected chi connectivity index (χ2v) is 17.8. The molecule has 0 aromatic heterocycles. The van der Waals surface area contributed by atoms with Gasteiger partial charge in [-0.1, -0.05) is 60.1 Å². The number of Topliss-reactive ketones (excluding diaryl/α,β-unsaturated/α-hetero) is 1. The van der Waals surface area contributed by atoms with Gasteiger partial charge in [-0.15, -0.1) is 0 Å². The lowest BCUT2D eigenvalue weighted by Gasteiger charge is -2.71. The molecule has 12 atom stereocenters. The number of aliphatic carboxylic acids is 1. The van der Waals surface area contributed by atoms with Gasteiger partial charge in [-0.3, -0.25) is 4.79 Å². The van der Waals surface area contributed by atoms with Gasteiger partial charge in [0.15, 0.2) is 6.10 Å². The van der Waals surface area contributed by atoms with Crippen LogP contribution in [0.3, 0.4) is 0 Å². The molecular formula is C36H56O7. The van der Waals surface area contributed by atoms with E-state index in [-0.39, 0.29) is 38.4 Å². The first kappa shape index (κ1) is 31.7. The summed E-state index contributed by atoms with van der Waals surface area (Å²) in [6.45, 7) is 16.7. The molecule has 5 fully saturated rings. The molecule has 1 heterocycles. The third-order valence-electron chi connectivity index (χ3n) is 15.1. The van der Waals surface area contributed by atoms with Crippen LogP contribution in [0.5, 0.6) is 0 Å². The first-order valence-electron chi connectivity index (χ1n) is 17.0. The molecule has 0 aromatic carbocycles. The smallest absolute Gasteiger partial charge is 0.335 e. The number of carbonyl (C=O) groups excluding carboxylic acids is 1. The fourth-order valence-electron chi connectivity index (χ4n) is 12.2. The lowest BCUT2D eigenvalue weighted by Crippen LogP contribution is -2.65. The number of ketones is 1. The molecule has 4 N–H and O–H groups in total. The van der Waals surface area contributed by atoms with Crippen molar-refractivity contribution < 1.29 is 34.8 Å². The van der Waals surface area contributed by atoms with Gasteiger partial charge in [-0.25, -0.2) is 4.79 Å². The van der Waals surface area contributed by atoms with E-state index in [4.69, 9.17) is 4.74 Å². The molecule has 0 bridgehead atoms. The van der Waals surface area contributed by atoms with Gasteiger partial charge in [0, 0.05) is 11.8 Å². The molecule has 4 saturated carbocycles. The molecule has 6 aliphatic rings. The van der Waals surface area contributed by atoms with E-state index in [9.17, 15) is 30.0 Å². The van der Waals surface area contributed by atoms with Crippen molar-refractivity contribution in [3.8, 4) is 0 Å². The van der Waals surface area contributed by atoms with E-state index in [0.717, 1.165) is 57.8 Å². The first-order chi connectivity index (χ1) is 19.8. The third kappa shape index (κ3) is 4.33. The van der Waals surface area contributed by atoms with Crippen LogP contribution in [-0.2, 0) is 14.3 Å². The number of allylic oxidation sites excluding steroid dienone is 2. The Balaban J connectivity index is 1.38. The average molecular weight is 601 g/mol. The maximum atomic E-state index is 13.1. The van der Waals surface area contributed by atoms with Crippen molar-refractivity contribution in [1.29, 1.82) is 0 Å². The number of hydrogen-bond donors (Lipinski definition) is 4. The summed E-state index contributed by atoms with van der Waals surface area (Å²) < 4.78 is 5.90. The molecule has 5 aliphatic carbocycles. The average Bonchev–Trinajstić information content (AvgIpc) is 2.92. The summed E-state index contributed by atoms with van der Waals surface area (Å²) in [5.41, 5.74) is 1.53. The van der Waals surface area contributed by atoms with E-state index in [1.807, 2.05) is 0 Å².